The summed E-state index contributed by atoms with van der Waals surface area (Å²) in [5.41, 5.74) is 0. The second-order valence-electron chi connectivity index (χ2n) is 18.0. The van der Waals surface area contributed by atoms with Crippen LogP contribution in [0.5, 0.6) is 0 Å². The molecule has 0 amide bonds. The Morgan fingerprint density at radius 3 is 1.38 bits per heavy atom. The highest BCUT2D eigenvalue weighted by atomic mass is 16.7. The summed E-state index contributed by atoms with van der Waals surface area (Å²) in [5, 5.41) is 71.8. The van der Waals surface area contributed by atoms with Crippen LogP contribution in [0.3, 0.4) is 0 Å². The molecule has 0 spiro atoms. The van der Waals surface area contributed by atoms with Crippen LogP contribution in [0, 0.1) is 0 Å². The first-order chi connectivity index (χ1) is 31.0. The fraction of sp³-hybridized carbons (Fsp3) is 0.918. The van der Waals surface area contributed by atoms with Gasteiger partial charge in [-0.2, -0.15) is 0 Å². The molecule has 2 aliphatic rings. The van der Waals surface area contributed by atoms with Crippen molar-refractivity contribution >= 4 is 11.9 Å². The predicted octanol–water partition coefficient (Wildman–Crippen LogP) is 6.60. The molecule has 2 aliphatic heterocycles. The Morgan fingerprint density at radius 1 is 0.484 bits per heavy atom. The maximum absolute atomic E-state index is 12.8. The van der Waals surface area contributed by atoms with Crippen molar-refractivity contribution in [1.29, 1.82) is 0 Å². The van der Waals surface area contributed by atoms with Gasteiger partial charge in [-0.15, -0.1) is 0 Å². The molecule has 2 heterocycles. The normalized spacial score (nSPS) is 26.6. The van der Waals surface area contributed by atoms with Crippen molar-refractivity contribution in [3.05, 3.63) is 12.2 Å². The molecule has 0 aromatic rings. The number of ether oxygens (including phenoxy) is 6. The van der Waals surface area contributed by atoms with Crippen molar-refractivity contribution in [3.63, 3.8) is 0 Å². The smallest absolute Gasteiger partial charge is 0.306 e. The van der Waals surface area contributed by atoms with Gasteiger partial charge in [0.15, 0.2) is 18.7 Å². The van der Waals surface area contributed by atoms with Gasteiger partial charge in [0.2, 0.25) is 0 Å². The van der Waals surface area contributed by atoms with Gasteiger partial charge in [0, 0.05) is 12.8 Å². The van der Waals surface area contributed by atoms with Crippen LogP contribution in [0.1, 0.15) is 194 Å². The maximum atomic E-state index is 12.8. The molecular formula is C49H90O15. The Bertz CT molecular complexity index is 1170. The van der Waals surface area contributed by atoms with Crippen molar-refractivity contribution in [1.82, 2.24) is 0 Å². The molecule has 15 heteroatoms. The Hall–Kier alpha value is -1.76. The lowest BCUT2D eigenvalue weighted by atomic mass is 9.98. The van der Waals surface area contributed by atoms with E-state index in [9.17, 15) is 45.3 Å². The van der Waals surface area contributed by atoms with E-state index in [1.165, 1.54) is 103 Å². The summed E-state index contributed by atoms with van der Waals surface area (Å²) >= 11 is 0. The molecule has 0 aromatic carbocycles. The van der Waals surface area contributed by atoms with E-state index in [1.54, 1.807) is 0 Å². The zero-order chi connectivity index (χ0) is 46.8. The zero-order valence-electron chi connectivity index (χ0n) is 39.5. The third kappa shape index (κ3) is 25.4. The highest BCUT2D eigenvalue weighted by Gasteiger charge is 2.47. The lowest BCUT2D eigenvalue weighted by Gasteiger charge is -2.42. The number of carbonyl (C=O) groups is 2. The van der Waals surface area contributed by atoms with Gasteiger partial charge in [-0.05, 0) is 38.5 Å². The first-order valence-electron chi connectivity index (χ1n) is 25.3. The summed E-state index contributed by atoms with van der Waals surface area (Å²) in [6, 6.07) is 0. The number of carbonyl (C=O) groups excluding carboxylic acids is 2. The molecule has 376 valence electrons. The third-order valence-corrected chi connectivity index (χ3v) is 12.2. The lowest BCUT2D eigenvalue weighted by Crippen LogP contribution is -2.61. The number of hydrogen-bond donors (Lipinski definition) is 7. The second-order valence-corrected chi connectivity index (χ2v) is 18.0. The summed E-state index contributed by atoms with van der Waals surface area (Å²) in [5.74, 6) is -0.925. The van der Waals surface area contributed by atoms with Crippen LogP contribution in [0.15, 0.2) is 12.2 Å². The molecule has 0 bridgehead atoms. The van der Waals surface area contributed by atoms with Crippen molar-refractivity contribution in [2.75, 3.05) is 26.4 Å². The SMILES string of the molecule is CCCCCCCC/C=C/CCCCCCCCCCCCCC(=O)OC[C@@H](CO[C@@H]1O[C@H](CO[C@@H]2O[C@H](CO)[C@H](O)C(O)C2O)[C@H](O)C(O)C1O)OC(=O)CCCCCCCCC. The molecule has 64 heavy (non-hydrogen) atoms. The maximum Gasteiger partial charge on any atom is 0.306 e. The molecule has 0 radical (unpaired) electrons. The highest BCUT2D eigenvalue weighted by Crippen LogP contribution is 2.26. The minimum Gasteiger partial charge on any atom is -0.462 e. The summed E-state index contributed by atoms with van der Waals surface area (Å²) in [6.45, 7) is 2.54. The van der Waals surface area contributed by atoms with Crippen LogP contribution in [0.4, 0.5) is 0 Å². The van der Waals surface area contributed by atoms with Gasteiger partial charge < -0.3 is 64.2 Å². The Morgan fingerprint density at radius 2 is 0.891 bits per heavy atom. The van der Waals surface area contributed by atoms with Gasteiger partial charge in [0.25, 0.3) is 0 Å². The van der Waals surface area contributed by atoms with E-state index in [0.717, 1.165) is 51.4 Å². The van der Waals surface area contributed by atoms with Gasteiger partial charge in [-0.25, -0.2) is 0 Å². The molecule has 0 saturated carbocycles. The predicted molar refractivity (Wildman–Crippen MR) is 243 cm³/mol. The Labute approximate surface area is 384 Å². The molecule has 2 saturated heterocycles. The lowest BCUT2D eigenvalue weighted by molar-refractivity contribution is -0.332. The van der Waals surface area contributed by atoms with Crippen LogP contribution in [-0.2, 0) is 38.0 Å². The van der Waals surface area contributed by atoms with E-state index in [2.05, 4.69) is 26.0 Å². The monoisotopic (exact) mass is 919 g/mol. The van der Waals surface area contributed by atoms with E-state index >= 15 is 0 Å². The molecular weight excluding hydrogens is 829 g/mol. The van der Waals surface area contributed by atoms with Gasteiger partial charge in [-0.3, -0.25) is 9.59 Å². The number of hydrogen-bond acceptors (Lipinski definition) is 15. The second kappa shape index (κ2) is 37.2. The number of unbranched alkanes of at least 4 members (excludes halogenated alkanes) is 23. The van der Waals surface area contributed by atoms with Gasteiger partial charge >= 0.3 is 11.9 Å². The van der Waals surface area contributed by atoms with Crippen LogP contribution in [0.25, 0.3) is 0 Å². The van der Waals surface area contributed by atoms with E-state index in [-0.39, 0.29) is 26.1 Å². The van der Waals surface area contributed by atoms with Gasteiger partial charge in [0.1, 0.15) is 55.4 Å². The summed E-state index contributed by atoms with van der Waals surface area (Å²) in [4.78, 5) is 25.6. The fourth-order valence-corrected chi connectivity index (χ4v) is 8.04. The van der Waals surface area contributed by atoms with Crippen LogP contribution < -0.4 is 0 Å². The number of rotatable bonds is 39. The third-order valence-electron chi connectivity index (χ3n) is 12.2. The minimum atomic E-state index is -1.76. The van der Waals surface area contributed by atoms with E-state index < -0.39 is 92.7 Å². The molecule has 0 aliphatic carbocycles. The van der Waals surface area contributed by atoms with Gasteiger partial charge in [0.05, 0.1) is 19.8 Å². The topological polar surface area (TPSA) is 231 Å². The zero-order valence-corrected chi connectivity index (χ0v) is 39.5. The number of allylic oxidation sites excluding steroid dienone is 2. The molecule has 11 atom stereocenters. The number of aliphatic hydroxyl groups excluding tert-OH is 7. The van der Waals surface area contributed by atoms with Crippen molar-refractivity contribution in [2.45, 2.75) is 261 Å². The van der Waals surface area contributed by atoms with E-state index in [4.69, 9.17) is 28.4 Å². The summed E-state index contributed by atoms with van der Waals surface area (Å²) in [6.07, 6.45) is 18.6. The number of aliphatic hydroxyl groups is 7. The minimum absolute atomic E-state index is 0.167. The Balaban J connectivity index is 1.72. The van der Waals surface area contributed by atoms with E-state index in [0.29, 0.717) is 12.8 Å². The first kappa shape index (κ1) is 58.4. The largest absolute Gasteiger partial charge is 0.462 e. The van der Waals surface area contributed by atoms with Gasteiger partial charge in [-0.1, -0.05) is 154 Å². The van der Waals surface area contributed by atoms with E-state index in [1.807, 2.05) is 0 Å². The molecule has 2 fully saturated rings. The van der Waals surface area contributed by atoms with Crippen LogP contribution >= 0.6 is 0 Å². The van der Waals surface area contributed by atoms with Crippen molar-refractivity contribution in [2.24, 2.45) is 0 Å². The van der Waals surface area contributed by atoms with Crippen LogP contribution in [-0.4, -0.2) is 142 Å². The van der Waals surface area contributed by atoms with Crippen molar-refractivity contribution < 1.29 is 73.8 Å². The average Bonchev–Trinajstić information content (AvgIpc) is 3.29. The fourth-order valence-electron chi connectivity index (χ4n) is 8.04. The molecule has 0 aromatic heterocycles. The summed E-state index contributed by atoms with van der Waals surface area (Å²) < 4.78 is 33.4. The summed E-state index contributed by atoms with van der Waals surface area (Å²) in [7, 11) is 0. The molecule has 15 nitrogen and oxygen atoms in total. The number of esters is 2. The molecule has 2 rings (SSSR count). The Kier molecular flexibility index (Phi) is 34.0. The average molecular weight is 919 g/mol. The first-order valence-corrected chi connectivity index (χ1v) is 25.3. The quantitative estimate of drug-likeness (QED) is 0.0196. The standard InChI is InChI=1S/C49H90O15/c1-3-5-7-9-11-12-13-14-15-16-17-18-19-20-21-22-23-24-26-27-29-31-40(51)59-34-37(62-41(52)32-30-28-25-10-8-6-4-2)35-60-48-47(58)45(56)43(54)39(64-48)36-61-49-46(57)44(55)42(53)38(33-50)63-49/h14-15,37-39,42-50,53-58H,3-13,16-36H2,1-2H3/b15-14+/t37-,38+,39+,42-,43-,44?,45?,46?,47?,48+,49+/m0/s1. The highest BCUT2D eigenvalue weighted by molar-refractivity contribution is 5.70. The molecule has 7 N–H and O–H groups in total. The molecule has 4 unspecified atom stereocenters. The van der Waals surface area contributed by atoms with Crippen LogP contribution in [0.2, 0.25) is 0 Å². The van der Waals surface area contributed by atoms with Crippen molar-refractivity contribution in [3.8, 4) is 0 Å².